The number of sulfonamides is 1. The monoisotopic (exact) mass is 351 g/mol. The van der Waals surface area contributed by atoms with Gasteiger partial charge in [0.05, 0.1) is 12.7 Å². The summed E-state index contributed by atoms with van der Waals surface area (Å²) in [6.07, 6.45) is -0.187. The van der Waals surface area contributed by atoms with E-state index in [1.54, 1.807) is 26.0 Å². The molecule has 0 aliphatic rings. The fourth-order valence-corrected chi connectivity index (χ4v) is 3.18. The van der Waals surface area contributed by atoms with Crippen LogP contribution in [0.15, 0.2) is 27.6 Å². The molecule has 2 N–H and O–H groups in total. The predicted octanol–water partition coefficient (Wildman–Crippen LogP) is 1.90. The Morgan fingerprint density at radius 2 is 2.16 bits per heavy atom. The van der Waals surface area contributed by atoms with Crippen molar-refractivity contribution in [1.82, 2.24) is 4.72 Å². The highest BCUT2D eigenvalue weighted by molar-refractivity contribution is 9.10. The molecule has 7 heteroatoms. The van der Waals surface area contributed by atoms with Gasteiger partial charge in [0.2, 0.25) is 10.0 Å². The number of aliphatic hydroxyl groups excluding tert-OH is 1. The predicted molar refractivity (Wildman–Crippen MR) is 76.8 cm³/mol. The molecule has 1 unspecified atom stereocenters. The average molecular weight is 352 g/mol. The molecule has 0 amide bonds. The first-order valence-corrected chi connectivity index (χ1v) is 8.24. The maximum absolute atomic E-state index is 12.2. The first-order valence-electron chi connectivity index (χ1n) is 5.97. The Balaban J connectivity index is 2.95. The molecule has 1 atom stereocenters. The molecule has 1 aromatic carbocycles. The zero-order valence-corrected chi connectivity index (χ0v) is 13.3. The number of hydrogen-bond donors (Lipinski definition) is 2. The van der Waals surface area contributed by atoms with E-state index in [0.717, 1.165) is 0 Å². The van der Waals surface area contributed by atoms with E-state index < -0.39 is 16.1 Å². The number of nitrogens with one attached hydrogen (secondary N) is 1. The van der Waals surface area contributed by atoms with Gasteiger partial charge in [0.15, 0.2) is 0 Å². The minimum absolute atomic E-state index is 0.0920. The standard InChI is InChI=1S/C12H18BrNO4S/c1-3-18-11-5-4-10(13)8-12(11)19(16,17)14-7-6-9(2)15/h4-5,8-9,14-15H,3,6-7H2,1-2H3. The number of hydrogen-bond acceptors (Lipinski definition) is 4. The lowest BCUT2D eigenvalue weighted by molar-refractivity contribution is 0.186. The van der Waals surface area contributed by atoms with Gasteiger partial charge in [0.25, 0.3) is 0 Å². The summed E-state index contributed by atoms with van der Waals surface area (Å²) >= 11 is 3.24. The highest BCUT2D eigenvalue weighted by atomic mass is 79.9. The minimum atomic E-state index is -3.65. The van der Waals surface area contributed by atoms with Gasteiger partial charge in [-0.25, -0.2) is 13.1 Å². The summed E-state index contributed by atoms with van der Waals surface area (Å²) in [5.41, 5.74) is 0. The lowest BCUT2D eigenvalue weighted by atomic mass is 10.3. The van der Waals surface area contributed by atoms with E-state index in [1.807, 2.05) is 0 Å². The van der Waals surface area contributed by atoms with Crippen molar-refractivity contribution in [2.24, 2.45) is 0 Å². The lowest BCUT2D eigenvalue weighted by Crippen LogP contribution is -2.27. The van der Waals surface area contributed by atoms with Gasteiger partial charge < -0.3 is 9.84 Å². The Morgan fingerprint density at radius 3 is 2.74 bits per heavy atom. The van der Waals surface area contributed by atoms with Crippen LogP contribution in [-0.4, -0.2) is 32.8 Å². The number of rotatable bonds is 7. The molecule has 0 heterocycles. The van der Waals surface area contributed by atoms with Crippen molar-refractivity contribution < 1.29 is 18.3 Å². The number of benzene rings is 1. The van der Waals surface area contributed by atoms with Gasteiger partial charge in [0, 0.05) is 11.0 Å². The molecule has 108 valence electrons. The second kappa shape index (κ2) is 7.23. The third-order valence-electron chi connectivity index (χ3n) is 2.35. The molecule has 0 aliphatic heterocycles. The molecule has 0 aromatic heterocycles. The van der Waals surface area contributed by atoms with Crippen LogP contribution in [0.1, 0.15) is 20.3 Å². The first kappa shape index (κ1) is 16.4. The Hall–Kier alpha value is -0.630. The van der Waals surface area contributed by atoms with E-state index in [1.165, 1.54) is 6.07 Å². The van der Waals surface area contributed by atoms with Crippen molar-refractivity contribution in [2.45, 2.75) is 31.3 Å². The van der Waals surface area contributed by atoms with Crippen LogP contribution >= 0.6 is 15.9 Å². The van der Waals surface area contributed by atoms with Crippen LogP contribution in [0.2, 0.25) is 0 Å². The lowest BCUT2D eigenvalue weighted by Gasteiger charge is -2.12. The van der Waals surface area contributed by atoms with Gasteiger partial charge in [-0.1, -0.05) is 15.9 Å². The zero-order chi connectivity index (χ0) is 14.5. The SMILES string of the molecule is CCOc1ccc(Br)cc1S(=O)(=O)NCCC(C)O. The largest absolute Gasteiger partial charge is 0.492 e. The zero-order valence-electron chi connectivity index (χ0n) is 10.9. The number of aliphatic hydroxyl groups is 1. The topological polar surface area (TPSA) is 75.6 Å². The highest BCUT2D eigenvalue weighted by Crippen LogP contribution is 2.27. The van der Waals surface area contributed by atoms with E-state index in [9.17, 15) is 8.42 Å². The maximum atomic E-state index is 12.2. The van der Waals surface area contributed by atoms with Gasteiger partial charge in [-0.3, -0.25) is 0 Å². The van der Waals surface area contributed by atoms with Crippen LogP contribution in [0.5, 0.6) is 5.75 Å². The summed E-state index contributed by atoms with van der Waals surface area (Å²) in [5, 5.41) is 9.14. The summed E-state index contributed by atoms with van der Waals surface area (Å²) in [5.74, 6) is 0.315. The van der Waals surface area contributed by atoms with Crippen molar-refractivity contribution in [3.05, 3.63) is 22.7 Å². The molecule has 1 rings (SSSR count). The first-order chi connectivity index (χ1) is 8.86. The molecule has 0 spiro atoms. The van der Waals surface area contributed by atoms with Gasteiger partial charge in [-0.2, -0.15) is 0 Å². The molecule has 0 aliphatic carbocycles. The Kier molecular flexibility index (Phi) is 6.25. The van der Waals surface area contributed by atoms with Crippen molar-refractivity contribution in [3.63, 3.8) is 0 Å². The summed E-state index contributed by atoms with van der Waals surface area (Å²) in [4.78, 5) is 0.0920. The third kappa shape index (κ3) is 5.10. The van der Waals surface area contributed by atoms with E-state index in [-0.39, 0.29) is 11.4 Å². The molecule has 1 aromatic rings. The molecule has 5 nitrogen and oxygen atoms in total. The van der Waals surface area contributed by atoms with Crippen molar-refractivity contribution in [1.29, 1.82) is 0 Å². The Labute approximate surface area is 122 Å². The van der Waals surface area contributed by atoms with Crippen molar-refractivity contribution in [3.8, 4) is 5.75 Å². The summed E-state index contributed by atoms with van der Waals surface area (Å²) in [6.45, 7) is 3.97. The second-order valence-corrected chi connectivity index (χ2v) is 6.71. The molecule has 0 saturated carbocycles. The molecular weight excluding hydrogens is 334 g/mol. The Morgan fingerprint density at radius 1 is 1.47 bits per heavy atom. The average Bonchev–Trinajstić information content (AvgIpc) is 2.31. The summed E-state index contributed by atoms with van der Waals surface area (Å²) in [6, 6.07) is 4.83. The number of ether oxygens (including phenoxy) is 1. The van der Waals surface area contributed by atoms with Gasteiger partial charge >= 0.3 is 0 Å². The van der Waals surface area contributed by atoms with E-state index >= 15 is 0 Å². The van der Waals surface area contributed by atoms with Crippen molar-refractivity contribution in [2.75, 3.05) is 13.2 Å². The van der Waals surface area contributed by atoms with Crippen LogP contribution in [0.3, 0.4) is 0 Å². The van der Waals surface area contributed by atoms with E-state index in [4.69, 9.17) is 9.84 Å². The van der Waals surface area contributed by atoms with Crippen LogP contribution in [0.25, 0.3) is 0 Å². The summed E-state index contributed by atoms with van der Waals surface area (Å²) in [7, 11) is -3.65. The molecular formula is C12H18BrNO4S. The number of halogens is 1. The highest BCUT2D eigenvalue weighted by Gasteiger charge is 2.19. The molecule has 19 heavy (non-hydrogen) atoms. The van der Waals surface area contributed by atoms with E-state index in [2.05, 4.69) is 20.7 Å². The van der Waals surface area contributed by atoms with Crippen LogP contribution in [0.4, 0.5) is 0 Å². The Bertz CT molecular complexity index is 516. The van der Waals surface area contributed by atoms with Crippen molar-refractivity contribution >= 4 is 26.0 Å². The molecule has 0 bridgehead atoms. The third-order valence-corrected chi connectivity index (χ3v) is 4.32. The van der Waals surface area contributed by atoms with Gasteiger partial charge in [-0.15, -0.1) is 0 Å². The fraction of sp³-hybridized carbons (Fsp3) is 0.500. The molecule has 0 fully saturated rings. The maximum Gasteiger partial charge on any atom is 0.244 e. The minimum Gasteiger partial charge on any atom is -0.492 e. The van der Waals surface area contributed by atoms with Crippen LogP contribution in [-0.2, 0) is 10.0 Å². The quantitative estimate of drug-likeness (QED) is 0.786. The van der Waals surface area contributed by atoms with E-state index in [0.29, 0.717) is 23.2 Å². The normalized spacial score (nSPS) is 13.3. The second-order valence-electron chi connectivity index (χ2n) is 4.06. The molecule has 0 radical (unpaired) electrons. The van der Waals surface area contributed by atoms with Crippen LogP contribution in [0, 0.1) is 0 Å². The molecule has 0 saturated heterocycles. The van der Waals surface area contributed by atoms with Gasteiger partial charge in [0.1, 0.15) is 10.6 Å². The smallest absolute Gasteiger partial charge is 0.244 e. The van der Waals surface area contributed by atoms with Crippen LogP contribution < -0.4 is 9.46 Å². The van der Waals surface area contributed by atoms with Gasteiger partial charge in [-0.05, 0) is 38.5 Å². The summed E-state index contributed by atoms with van der Waals surface area (Å²) < 4.78 is 32.8. The fourth-order valence-electron chi connectivity index (χ4n) is 1.45.